The van der Waals surface area contributed by atoms with Gasteiger partial charge >= 0.3 is 0 Å². The van der Waals surface area contributed by atoms with Crippen molar-refractivity contribution in [1.82, 2.24) is 0 Å². The summed E-state index contributed by atoms with van der Waals surface area (Å²) in [5.41, 5.74) is 7.66. The fourth-order valence-corrected chi connectivity index (χ4v) is 4.13. The Morgan fingerprint density at radius 2 is 2.14 bits per heavy atom. The van der Waals surface area contributed by atoms with Crippen molar-refractivity contribution >= 4 is 27.3 Å². The maximum atomic E-state index is 6.30. The molecule has 1 atom stereocenters. The van der Waals surface area contributed by atoms with Crippen LogP contribution in [0.2, 0.25) is 0 Å². The first-order chi connectivity index (χ1) is 6.68. The molecule has 0 saturated heterocycles. The van der Waals surface area contributed by atoms with E-state index in [9.17, 15) is 0 Å². The molecular weight excluding hydrogens is 258 g/mol. The van der Waals surface area contributed by atoms with Crippen LogP contribution in [-0.4, -0.2) is 0 Å². The first kappa shape index (κ1) is 10.7. The molecule has 0 bridgehead atoms. The minimum Gasteiger partial charge on any atom is -0.324 e. The Morgan fingerprint density at radius 1 is 1.50 bits per heavy atom. The van der Waals surface area contributed by atoms with Crippen LogP contribution in [0.1, 0.15) is 42.2 Å². The molecule has 1 aromatic rings. The van der Waals surface area contributed by atoms with E-state index in [1.165, 1.54) is 39.9 Å². The van der Waals surface area contributed by atoms with Crippen LogP contribution in [0.3, 0.4) is 0 Å². The molecular formula is C11H16BrNS. The van der Waals surface area contributed by atoms with Crippen molar-refractivity contribution in [3.63, 3.8) is 0 Å². The molecule has 3 heteroatoms. The number of rotatable bonds is 2. The van der Waals surface area contributed by atoms with Crippen LogP contribution in [0, 0.1) is 12.8 Å². The summed E-state index contributed by atoms with van der Waals surface area (Å²) >= 11 is 5.32. The number of hydrogen-bond donors (Lipinski definition) is 1. The van der Waals surface area contributed by atoms with Crippen LogP contribution in [0.25, 0.3) is 0 Å². The maximum absolute atomic E-state index is 6.30. The van der Waals surface area contributed by atoms with E-state index in [-0.39, 0.29) is 6.04 Å². The molecule has 14 heavy (non-hydrogen) atoms. The Bertz CT molecular complexity index is 315. The van der Waals surface area contributed by atoms with Crippen LogP contribution in [0.5, 0.6) is 0 Å². The van der Waals surface area contributed by atoms with E-state index in [2.05, 4.69) is 28.9 Å². The fourth-order valence-electron chi connectivity index (χ4n) is 2.36. The van der Waals surface area contributed by atoms with Gasteiger partial charge in [0.05, 0.1) is 3.79 Å². The molecule has 0 spiro atoms. The summed E-state index contributed by atoms with van der Waals surface area (Å²) < 4.78 is 1.21. The molecule has 1 heterocycles. The summed E-state index contributed by atoms with van der Waals surface area (Å²) in [6.45, 7) is 2.17. The van der Waals surface area contributed by atoms with Gasteiger partial charge in [-0.3, -0.25) is 0 Å². The Morgan fingerprint density at radius 3 is 2.64 bits per heavy atom. The maximum Gasteiger partial charge on any atom is 0.0704 e. The van der Waals surface area contributed by atoms with Crippen molar-refractivity contribution in [2.75, 3.05) is 0 Å². The highest BCUT2D eigenvalue weighted by Gasteiger charge is 2.25. The zero-order valence-electron chi connectivity index (χ0n) is 8.42. The van der Waals surface area contributed by atoms with Crippen molar-refractivity contribution in [1.29, 1.82) is 0 Å². The van der Waals surface area contributed by atoms with Gasteiger partial charge in [0.25, 0.3) is 0 Å². The lowest BCUT2D eigenvalue weighted by atomic mass is 9.93. The van der Waals surface area contributed by atoms with Gasteiger partial charge in [-0.25, -0.2) is 0 Å². The van der Waals surface area contributed by atoms with Crippen molar-refractivity contribution in [3.05, 3.63) is 20.3 Å². The average Bonchev–Trinajstić information content (AvgIpc) is 2.73. The predicted molar refractivity (Wildman–Crippen MR) is 65.6 cm³/mol. The van der Waals surface area contributed by atoms with Gasteiger partial charge in [-0.1, -0.05) is 12.8 Å². The summed E-state index contributed by atoms with van der Waals surface area (Å²) in [7, 11) is 0. The van der Waals surface area contributed by atoms with Gasteiger partial charge in [-0.05, 0) is 53.2 Å². The third-order valence-corrected chi connectivity index (χ3v) is 4.76. The summed E-state index contributed by atoms with van der Waals surface area (Å²) in [4.78, 5) is 1.37. The number of halogens is 1. The molecule has 1 unspecified atom stereocenters. The first-order valence-electron chi connectivity index (χ1n) is 5.20. The van der Waals surface area contributed by atoms with Crippen molar-refractivity contribution in [3.8, 4) is 0 Å². The molecule has 1 fully saturated rings. The lowest BCUT2D eigenvalue weighted by Gasteiger charge is -2.18. The van der Waals surface area contributed by atoms with Gasteiger partial charge in [0.1, 0.15) is 0 Å². The summed E-state index contributed by atoms with van der Waals surface area (Å²) in [5, 5.41) is 0. The van der Waals surface area contributed by atoms with Gasteiger partial charge < -0.3 is 5.73 Å². The number of nitrogens with two attached hydrogens (primary N) is 1. The minimum atomic E-state index is 0.264. The topological polar surface area (TPSA) is 26.0 Å². The standard InChI is InChI=1S/C11H16BrNS/c1-7-9(6-10(12)14-7)11(13)8-4-2-3-5-8/h6,8,11H,2-5,13H2,1H3. The molecule has 2 N–H and O–H groups in total. The van der Waals surface area contributed by atoms with Crippen LogP contribution in [0.15, 0.2) is 9.85 Å². The number of aryl methyl sites for hydroxylation is 1. The van der Waals surface area contributed by atoms with E-state index in [1.54, 1.807) is 11.3 Å². The van der Waals surface area contributed by atoms with Gasteiger partial charge in [-0.15, -0.1) is 11.3 Å². The lowest BCUT2D eigenvalue weighted by molar-refractivity contribution is 0.444. The highest BCUT2D eigenvalue weighted by Crippen LogP contribution is 2.38. The summed E-state index contributed by atoms with van der Waals surface area (Å²) in [6, 6.07) is 2.46. The lowest BCUT2D eigenvalue weighted by Crippen LogP contribution is -2.19. The molecule has 1 aromatic heterocycles. The zero-order chi connectivity index (χ0) is 10.1. The van der Waals surface area contributed by atoms with Crippen molar-refractivity contribution in [2.45, 2.75) is 38.6 Å². The van der Waals surface area contributed by atoms with E-state index in [0.717, 1.165) is 5.92 Å². The number of hydrogen-bond acceptors (Lipinski definition) is 2. The molecule has 0 aromatic carbocycles. The largest absolute Gasteiger partial charge is 0.324 e. The van der Waals surface area contributed by atoms with E-state index < -0.39 is 0 Å². The van der Waals surface area contributed by atoms with Gasteiger partial charge in [-0.2, -0.15) is 0 Å². The van der Waals surface area contributed by atoms with Crippen molar-refractivity contribution in [2.24, 2.45) is 11.7 Å². The Balaban J connectivity index is 2.17. The molecule has 0 aliphatic heterocycles. The molecule has 1 nitrogen and oxygen atoms in total. The second kappa shape index (κ2) is 4.33. The predicted octanol–water partition coefficient (Wildman–Crippen LogP) is 4.01. The summed E-state index contributed by atoms with van der Waals surface area (Å²) in [6.07, 6.45) is 5.35. The molecule has 0 amide bonds. The smallest absolute Gasteiger partial charge is 0.0704 e. The van der Waals surface area contributed by atoms with Gasteiger partial charge in [0.15, 0.2) is 0 Å². The highest BCUT2D eigenvalue weighted by atomic mass is 79.9. The van der Waals surface area contributed by atoms with E-state index in [0.29, 0.717) is 0 Å². The van der Waals surface area contributed by atoms with Crippen LogP contribution in [-0.2, 0) is 0 Å². The zero-order valence-corrected chi connectivity index (χ0v) is 10.8. The van der Waals surface area contributed by atoms with E-state index in [4.69, 9.17) is 5.73 Å². The monoisotopic (exact) mass is 273 g/mol. The second-order valence-corrected chi connectivity index (χ2v) is 6.77. The van der Waals surface area contributed by atoms with E-state index >= 15 is 0 Å². The molecule has 1 aliphatic rings. The van der Waals surface area contributed by atoms with Crippen LogP contribution >= 0.6 is 27.3 Å². The van der Waals surface area contributed by atoms with Crippen LogP contribution in [0.4, 0.5) is 0 Å². The quantitative estimate of drug-likeness (QED) is 0.866. The van der Waals surface area contributed by atoms with Crippen molar-refractivity contribution < 1.29 is 0 Å². The molecule has 0 radical (unpaired) electrons. The van der Waals surface area contributed by atoms with Gasteiger partial charge in [0.2, 0.25) is 0 Å². The molecule has 1 aliphatic carbocycles. The SMILES string of the molecule is Cc1sc(Br)cc1C(N)C1CCCC1. The van der Waals surface area contributed by atoms with Crippen LogP contribution < -0.4 is 5.73 Å². The second-order valence-electron chi connectivity index (χ2n) is 4.13. The Labute approximate surface area is 97.8 Å². The highest BCUT2D eigenvalue weighted by molar-refractivity contribution is 9.11. The van der Waals surface area contributed by atoms with Gasteiger partial charge in [0, 0.05) is 10.9 Å². The molecule has 2 rings (SSSR count). The molecule has 78 valence electrons. The van der Waals surface area contributed by atoms with E-state index in [1.807, 2.05) is 0 Å². The average molecular weight is 274 g/mol. The Kier molecular flexibility index (Phi) is 3.30. The summed E-state index contributed by atoms with van der Waals surface area (Å²) in [5.74, 6) is 0.718. The molecule has 1 saturated carbocycles. The first-order valence-corrected chi connectivity index (χ1v) is 6.81. The normalized spacial score (nSPS) is 20.2. The Hall–Kier alpha value is 0.140. The minimum absolute atomic E-state index is 0.264. The third kappa shape index (κ3) is 2.05. The fraction of sp³-hybridized carbons (Fsp3) is 0.636. The third-order valence-electron chi connectivity index (χ3n) is 3.19. The number of thiophene rings is 1.